The van der Waals surface area contributed by atoms with Crippen molar-refractivity contribution >= 4 is 11.8 Å². The van der Waals surface area contributed by atoms with Crippen molar-refractivity contribution in [2.24, 2.45) is 0 Å². The quantitative estimate of drug-likeness (QED) is 0.825. The lowest BCUT2D eigenvalue weighted by Gasteiger charge is -2.19. The minimum Gasteiger partial charge on any atom is -0.444 e. The van der Waals surface area contributed by atoms with Crippen LogP contribution in [0.3, 0.4) is 0 Å². The topological polar surface area (TPSA) is 50.4 Å². The minimum absolute atomic E-state index is 0.284. The van der Waals surface area contributed by atoms with E-state index in [1.165, 1.54) is 12.1 Å². The lowest BCUT2D eigenvalue weighted by Crippen LogP contribution is -2.35. The molecule has 4 nitrogen and oxygen atoms in total. The maximum atomic E-state index is 13.0. The van der Waals surface area contributed by atoms with Crippen molar-refractivity contribution in [3.8, 4) is 0 Å². The van der Waals surface area contributed by atoms with Crippen LogP contribution in [0.2, 0.25) is 0 Å². The molecule has 0 fully saturated rings. The zero-order valence-corrected chi connectivity index (χ0v) is 11.8. The number of ether oxygens (including phenoxy) is 1. The van der Waals surface area contributed by atoms with E-state index in [0.717, 1.165) is 11.3 Å². The highest BCUT2D eigenvalue weighted by Crippen LogP contribution is 2.15. The molecular formula is C14H21FN2O2. The Hall–Kier alpha value is -1.78. The first-order valence-corrected chi connectivity index (χ1v) is 6.25. The van der Waals surface area contributed by atoms with Crippen molar-refractivity contribution in [2.75, 3.05) is 18.4 Å². The number of amides is 1. The predicted octanol–water partition coefficient (Wildman–Crippen LogP) is 3.07. The van der Waals surface area contributed by atoms with E-state index in [-0.39, 0.29) is 5.82 Å². The van der Waals surface area contributed by atoms with Crippen LogP contribution in [0.15, 0.2) is 18.2 Å². The highest BCUT2D eigenvalue weighted by atomic mass is 19.1. The van der Waals surface area contributed by atoms with Gasteiger partial charge in [-0.1, -0.05) is 6.07 Å². The Bertz CT molecular complexity index is 442. The van der Waals surface area contributed by atoms with Crippen molar-refractivity contribution in [1.29, 1.82) is 0 Å². The summed E-state index contributed by atoms with van der Waals surface area (Å²) in [6, 6.07) is 4.56. The van der Waals surface area contributed by atoms with Gasteiger partial charge in [-0.15, -0.1) is 0 Å². The van der Waals surface area contributed by atoms with E-state index in [1.54, 1.807) is 26.8 Å². The second-order valence-corrected chi connectivity index (χ2v) is 5.31. The number of carbonyl (C=O) groups is 1. The van der Waals surface area contributed by atoms with Gasteiger partial charge in [-0.2, -0.15) is 0 Å². The third-order valence-corrected chi connectivity index (χ3v) is 2.31. The average Bonchev–Trinajstić information content (AvgIpc) is 2.26. The van der Waals surface area contributed by atoms with Gasteiger partial charge in [0.25, 0.3) is 0 Å². The molecule has 0 bridgehead atoms. The molecule has 0 aliphatic heterocycles. The average molecular weight is 268 g/mol. The van der Waals surface area contributed by atoms with E-state index in [2.05, 4.69) is 10.6 Å². The molecule has 106 valence electrons. The molecule has 0 saturated heterocycles. The Morgan fingerprint density at radius 3 is 2.63 bits per heavy atom. The zero-order chi connectivity index (χ0) is 14.5. The number of aryl methyl sites for hydroxylation is 1. The number of halogens is 1. The van der Waals surface area contributed by atoms with Crippen LogP contribution in [0.1, 0.15) is 26.3 Å². The summed E-state index contributed by atoms with van der Waals surface area (Å²) in [5.74, 6) is -0.284. The molecule has 0 saturated carbocycles. The normalized spacial score (nSPS) is 11.0. The van der Waals surface area contributed by atoms with Crippen LogP contribution < -0.4 is 10.6 Å². The summed E-state index contributed by atoms with van der Waals surface area (Å²) in [5.41, 5.74) is 1.18. The number of hydrogen-bond acceptors (Lipinski definition) is 3. The third kappa shape index (κ3) is 6.08. The molecule has 2 N–H and O–H groups in total. The number of hydrogen-bond donors (Lipinski definition) is 2. The molecule has 0 radical (unpaired) electrons. The highest BCUT2D eigenvalue weighted by molar-refractivity contribution is 5.67. The fraction of sp³-hybridized carbons (Fsp3) is 0.500. The van der Waals surface area contributed by atoms with Gasteiger partial charge in [-0.05, 0) is 45.4 Å². The molecular weight excluding hydrogens is 247 g/mol. The molecule has 1 aromatic carbocycles. The van der Waals surface area contributed by atoms with Gasteiger partial charge >= 0.3 is 6.09 Å². The number of alkyl carbamates (subject to hydrolysis) is 1. The first-order chi connectivity index (χ1) is 8.78. The molecule has 0 aliphatic rings. The van der Waals surface area contributed by atoms with Gasteiger partial charge in [0.1, 0.15) is 11.4 Å². The minimum atomic E-state index is -0.503. The summed E-state index contributed by atoms with van der Waals surface area (Å²) in [6.07, 6.45) is -0.453. The number of anilines is 1. The SMILES string of the molecule is Cc1ccc(F)cc1NCCNC(=O)OC(C)(C)C. The van der Waals surface area contributed by atoms with Crippen LogP contribution in [0.25, 0.3) is 0 Å². The molecule has 1 aromatic rings. The van der Waals surface area contributed by atoms with Crippen molar-refractivity contribution in [1.82, 2.24) is 5.32 Å². The van der Waals surface area contributed by atoms with Gasteiger partial charge in [0.05, 0.1) is 0 Å². The van der Waals surface area contributed by atoms with E-state index in [9.17, 15) is 9.18 Å². The number of benzene rings is 1. The molecule has 1 rings (SSSR count). The second-order valence-electron chi connectivity index (χ2n) is 5.31. The summed E-state index contributed by atoms with van der Waals surface area (Å²) in [7, 11) is 0. The molecule has 1 amide bonds. The van der Waals surface area contributed by atoms with Crippen LogP contribution in [-0.2, 0) is 4.74 Å². The molecule has 0 heterocycles. The Morgan fingerprint density at radius 2 is 2.00 bits per heavy atom. The lowest BCUT2D eigenvalue weighted by atomic mass is 10.2. The Balaban J connectivity index is 2.31. The lowest BCUT2D eigenvalue weighted by molar-refractivity contribution is 0.0530. The van der Waals surface area contributed by atoms with Crippen LogP contribution in [0.5, 0.6) is 0 Å². The van der Waals surface area contributed by atoms with E-state index in [1.807, 2.05) is 6.92 Å². The van der Waals surface area contributed by atoms with E-state index in [4.69, 9.17) is 4.74 Å². The van der Waals surface area contributed by atoms with E-state index in [0.29, 0.717) is 13.1 Å². The van der Waals surface area contributed by atoms with Gasteiger partial charge in [0, 0.05) is 18.8 Å². The van der Waals surface area contributed by atoms with Gasteiger partial charge < -0.3 is 15.4 Å². The number of nitrogens with one attached hydrogen (secondary N) is 2. The molecule has 0 aromatic heterocycles. The second kappa shape index (κ2) is 6.41. The molecule has 19 heavy (non-hydrogen) atoms. The first kappa shape index (κ1) is 15.3. The van der Waals surface area contributed by atoms with Crippen molar-refractivity contribution in [3.05, 3.63) is 29.6 Å². The maximum Gasteiger partial charge on any atom is 0.407 e. The molecule has 0 unspecified atom stereocenters. The van der Waals surface area contributed by atoms with Crippen LogP contribution >= 0.6 is 0 Å². The summed E-state index contributed by atoms with van der Waals surface area (Å²) in [4.78, 5) is 11.4. The van der Waals surface area contributed by atoms with E-state index >= 15 is 0 Å². The highest BCUT2D eigenvalue weighted by Gasteiger charge is 2.15. The number of rotatable bonds is 4. The fourth-order valence-electron chi connectivity index (χ4n) is 1.46. The fourth-order valence-corrected chi connectivity index (χ4v) is 1.46. The van der Waals surface area contributed by atoms with Crippen LogP contribution in [0, 0.1) is 12.7 Å². The largest absolute Gasteiger partial charge is 0.444 e. The van der Waals surface area contributed by atoms with E-state index < -0.39 is 11.7 Å². The molecule has 5 heteroatoms. The summed E-state index contributed by atoms with van der Waals surface area (Å²) < 4.78 is 18.1. The smallest absolute Gasteiger partial charge is 0.407 e. The van der Waals surface area contributed by atoms with Gasteiger partial charge in [0.15, 0.2) is 0 Å². The maximum absolute atomic E-state index is 13.0. The van der Waals surface area contributed by atoms with Crippen molar-refractivity contribution < 1.29 is 13.9 Å². The predicted molar refractivity (Wildman–Crippen MR) is 73.9 cm³/mol. The summed E-state index contributed by atoms with van der Waals surface area (Å²) >= 11 is 0. The zero-order valence-electron chi connectivity index (χ0n) is 11.8. The molecule has 0 atom stereocenters. The Labute approximate surface area is 113 Å². The van der Waals surface area contributed by atoms with Crippen LogP contribution in [-0.4, -0.2) is 24.8 Å². The monoisotopic (exact) mass is 268 g/mol. The van der Waals surface area contributed by atoms with Gasteiger partial charge in [0.2, 0.25) is 0 Å². The molecule has 0 aliphatic carbocycles. The summed E-state index contributed by atoms with van der Waals surface area (Å²) in [5, 5.41) is 5.69. The van der Waals surface area contributed by atoms with Gasteiger partial charge in [-0.3, -0.25) is 0 Å². The molecule has 0 spiro atoms. The Morgan fingerprint density at radius 1 is 1.32 bits per heavy atom. The van der Waals surface area contributed by atoms with Crippen molar-refractivity contribution in [3.63, 3.8) is 0 Å². The standard InChI is InChI=1S/C14H21FN2O2/c1-10-5-6-11(15)9-12(10)16-7-8-17-13(18)19-14(2,3)4/h5-6,9,16H,7-8H2,1-4H3,(H,17,18). The van der Waals surface area contributed by atoms with Crippen molar-refractivity contribution in [2.45, 2.75) is 33.3 Å². The number of carbonyl (C=O) groups excluding carboxylic acids is 1. The van der Waals surface area contributed by atoms with Crippen LogP contribution in [0.4, 0.5) is 14.9 Å². The summed E-state index contributed by atoms with van der Waals surface area (Å²) in [6.45, 7) is 8.22. The first-order valence-electron chi connectivity index (χ1n) is 6.25. The Kier molecular flexibility index (Phi) is 5.15. The van der Waals surface area contributed by atoms with Gasteiger partial charge in [-0.25, -0.2) is 9.18 Å². The third-order valence-electron chi connectivity index (χ3n) is 2.31.